The zero-order valence-electron chi connectivity index (χ0n) is 17.2. The summed E-state index contributed by atoms with van der Waals surface area (Å²) in [6, 6.07) is 17.4. The number of aryl methyl sites for hydroxylation is 3. The van der Waals surface area contributed by atoms with Gasteiger partial charge >= 0.3 is 6.03 Å². The topological polar surface area (TPSA) is 92.2 Å². The van der Waals surface area contributed by atoms with Crippen LogP contribution in [0.2, 0.25) is 0 Å². The highest BCUT2D eigenvalue weighted by Crippen LogP contribution is 2.11. The largest absolute Gasteiger partial charge is 0.325 e. The lowest BCUT2D eigenvalue weighted by Gasteiger charge is -2.13. The summed E-state index contributed by atoms with van der Waals surface area (Å²) in [5.41, 5.74) is 3.69. The molecule has 7 nitrogen and oxygen atoms in total. The highest BCUT2D eigenvalue weighted by molar-refractivity contribution is 5.99. The number of nitrogens with one attached hydrogen (secondary N) is 3. The predicted octanol–water partition coefficient (Wildman–Crippen LogP) is 4.06. The van der Waals surface area contributed by atoms with Gasteiger partial charge in [-0.3, -0.25) is 9.59 Å². The number of benzene rings is 2. The van der Waals surface area contributed by atoms with E-state index in [1.807, 2.05) is 38.1 Å². The third-order valence-electron chi connectivity index (χ3n) is 4.59. The molecule has 30 heavy (non-hydrogen) atoms. The maximum Gasteiger partial charge on any atom is 0.323 e. The van der Waals surface area contributed by atoms with Crippen molar-refractivity contribution in [2.24, 2.45) is 0 Å². The van der Waals surface area contributed by atoms with Crippen molar-refractivity contribution in [3.63, 3.8) is 0 Å². The highest BCUT2D eigenvalue weighted by Gasteiger charge is 2.13. The van der Waals surface area contributed by atoms with Crippen molar-refractivity contribution < 1.29 is 9.59 Å². The molecular formula is C23H24N4O3. The van der Waals surface area contributed by atoms with Gasteiger partial charge in [0.25, 0.3) is 5.56 Å². The zero-order valence-corrected chi connectivity index (χ0v) is 17.2. The molecule has 3 aromatic rings. The maximum atomic E-state index is 12.8. The number of aromatic nitrogens is 1. The van der Waals surface area contributed by atoms with Gasteiger partial charge in [-0.25, -0.2) is 4.79 Å². The Morgan fingerprint density at radius 3 is 1.83 bits per heavy atom. The normalized spacial score (nSPS) is 10.4. The van der Waals surface area contributed by atoms with Gasteiger partial charge in [0.15, 0.2) is 0 Å². The standard InChI is InChI=1S/C23H24N4O3/c1-15-4-9-18(10-5-15)24-21(28)14-27-17(3)8-13-20(22(27)29)26-23(30)25-19-11-6-16(2)7-12-19/h4-13H,14H2,1-3H3,(H,24,28)(H2,25,26,30). The average molecular weight is 404 g/mol. The van der Waals surface area contributed by atoms with E-state index in [4.69, 9.17) is 0 Å². The first-order valence-electron chi connectivity index (χ1n) is 9.53. The summed E-state index contributed by atoms with van der Waals surface area (Å²) in [5.74, 6) is -0.328. The molecule has 3 amide bonds. The Labute approximate surface area is 174 Å². The molecule has 0 fully saturated rings. The smallest absolute Gasteiger partial charge is 0.323 e. The number of hydrogen-bond donors (Lipinski definition) is 3. The number of nitrogens with zero attached hydrogens (tertiary/aromatic N) is 1. The molecule has 0 aliphatic rings. The van der Waals surface area contributed by atoms with Crippen molar-refractivity contribution >= 4 is 29.0 Å². The van der Waals surface area contributed by atoms with Crippen LogP contribution < -0.4 is 21.5 Å². The lowest BCUT2D eigenvalue weighted by atomic mass is 10.2. The minimum Gasteiger partial charge on any atom is -0.325 e. The fourth-order valence-electron chi connectivity index (χ4n) is 2.86. The monoisotopic (exact) mass is 404 g/mol. The number of urea groups is 1. The van der Waals surface area contributed by atoms with Crippen LogP contribution in [-0.2, 0) is 11.3 Å². The fourth-order valence-corrected chi connectivity index (χ4v) is 2.86. The van der Waals surface area contributed by atoms with E-state index in [1.165, 1.54) is 10.6 Å². The van der Waals surface area contributed by atoms with Crippen LogP contribution in [0.3, 0.4) is 0 Å². The Hall–Kier alpha value is -3.87. The molecule has 3 N–H and O–H groups in total. The van der Waals surface area contributed by atoms with Gasteiger partial charge in [0.2, 0.25) is 5.91 Å². The first kappa shape index (κ1) is 20.9. The number of carbonyl (C=O) groups excluding carboxylic acids is 2. The van der Waals surface area contributed by atoms with Crippen molar-refractivity contribution in [3.8, 4) is 0 Å². The summed E-state index contributed by atoms with van der Waals surface area (Å²) < 4.78 is 1.32. The SMILES string of the molecule is Cc1ccc(NC(=O)Cn2c(C)ccc(NC(=O)Nc3ccc(C)cc3)c2=O)cc1. The van der Waals surface area contributed by atoms with E-state index >= 15 is 0 Å². The number of amides is 3. The van der Waals surface area contributed by atoms with E-state index in [0.717, 1.165) is 11.1 Å². The van der Waals surface area contributed by atoms with Gasteiger partial charge in [0.1, 0.15) is 12.2 Å². The summed E-state index contributed by atoms with van der Waals surface area (Å²) in [5, 5.41) is 8.01. The van der Waals surface area contributed by atoms with Crippen LogP contribution >= 0.6 is 0 Å². The van der Waals surface area contributed by atoms with E-state index in [0.29, 0.717) is 17.1 Å². The molecule has 0 aliphatic carbocycles. The summed E-state index contributed by atoms with van der Waals surface area (Å²) in [6.45, 7) is 5.49. The summed E-state index contributed by atoms with van der Waals surface area (Å²) in [7, 11) is 0. The molecule has 0 aliphatic heterocycles. The first-order chi connectivity index (χ1) is 14.3. The molecule has 1 aromatic heterocycles. The summed E-state index contributed by atoms with van der Waals surface area (Å²) in [6.07, 6.45) is 0. The fraction of sp³-hybridized carbons (Fsp3) is 0.174. The van der Waals surface area contributed by atoms with Crippen LogP contribution in [-0.4, -0.2) is 16.5 Å². The minimum atomic E-state index is -0.532. The van der Waals surface area contributed by atoms with Gasteiger partial charge in [-0.05, 0) is 57.2 Å². The molecule has 1 heterocycles. The Kier molecular flexibility index (Phi) is 6.32. The van der Waals surface area contributed by atoms with Gasteiger partial charge in [-0.15, -0.1) is 0 Å². The third-order valence-corrected chi connectivity index (χ3v) is 4.59. The number of pyridine rings is 1. The van der Waals surface area contributed by atoms with Gasteiger partial charge in [-0.1, -0.05) is 35.4 Å². The van der Waals surface area contributed by atoms with Gasteiger partial charge in [0.05, 0.1) is 0 Å². The van der Waals surface area contributed by atoms with E-state index in [2.05, 4.69) is 16.0 Å². The molecule has 0 saturated heterocycles. The molecule has 7 heteroatoms. The number of hydrogen-bond acceptors (Lipinski definition) is 3. The van der Waals surface area contributed by atoms with E-state index in [1.54, 1.807) is 37.3 Å². The summed E-state index contributed by atoms with van der Waals surface area (Å²) >= 11 is 0. The van der Waals surface area contributed by atoms with Crippen LogP contribution in [0.25, 0.3) is 0 Å². The Morgan fingerprint density at radius 2 is 1.27 bits per heavy atom. The van der Waals surface area contributed by atoms with Crippen LogP contribution in [0.4, 0.5) is 21.9 Å². The quantitative estimate of drug-likeness (QED) is 0.599. The van der Waals surface area contributed by atoms with Crippen LogP contribution in [0.1, 0.15) is 16.8 Å². The predicted molar refractivity (Wildman–Crippen MR) is 119 cm³/mol. The second-order valence-electron chi connectivity index (χ2n) is 7.14. The van der Waals surface area contributed by atoms with Crippen molar-refractivity contribution in [2.75, 3.05) is 16.0 Å². The third kappa shape index (κ3) is 5.35. The number of rotatable bonds is 5. The van der Waals surface area contributed by atoms with Crippen LogP contribution in [0.5, 0.6) is 0 Å². The lowest BCUT2D eigenvalue weighted by molar-refractivity contribution is -0.116. The van der Waals surface area contributed by atoms with Crippen molar-refractivity contribution in [3.05, 3.63) is 87.8 Å². The molecular weight excluding hydrogens is 380 g/mol. The molecule has 3 rings (SSSR count). The molecule has 0 unspecified atom stereocenters. The number of anilines is 3. The highest BCUT2D eigenvalue weighted by atomic mass is 16.2. The molecule has 0 atom stereocenters. The average Bonchev–Trinajstić information content (AvgIpc) is 2.71. The maximum absolute atomic E-state index is 12.8. The molecule has 0 bridgehead atoms. The Balaban J connectivity index is 1.70. The minimum absolute atomic E-state index is 0.0911. The molecule has 0 spiro atoms. The number of carbonyl (C=O) groups is 2. The zero-order chi connectivity index (χ0) is 21.7. The summed E-state index contributed by atoms with van der Waals surface area (Å²) in [4.78, 5) is 37.5. The van der Waals surface area contributed by atoms with Crippen molar-refractivity contribution in [1.82, 2.24) is 4.57 Å². The van der Waals surface area contributed by atoms with Crippen LogP contribution in [0.15, 0.2) is 65.5 Å². The lowest BCUT2D eigenvalue weighted by Crippen LogP contribution is -2.32. The van der Waals surface area contributed by atoms with Crippen LogP contribution in [0, 0.1) is 20.8 Å². The molecule has 0 saturated carbocycles. The second kappa shape index (κ2) is 9.09. The molecule has 0 radical (unpaired) electrons. The molecule has 2 aromatic carbocycles. The second-order valence-corrected chi connectivity index (χ2v) is 7.14. The van der Waals surface area contributed by atoms with Gasteiger partial charge < -0.3 is 20.5 Å². The van der Waals surface area contributed by atoms with Gasteiger partial charge in [-0.2, -0.15) is 0 Å². The van der Waals surface area contributed by atoms with Crippen molar-refractivity contribution in [2.45, 2.75) is 27.3 Å². The first-order valence-corrected chi connectivity index (χ1v) is 9.53. The van der Waals surface area contributed by atoms with E-state index in [9.17, 15) is 14.4 Å². The van der Waals surface area contributed by atoms with E-state index < -0.39 is 11.6 Å². The Bertz CT molecular complexity index is 1120. The molecule has 154 valence electrons. The van der Waals surface area contributed by atoms with Crippen molar-refractivity contribution in [1.29, 1.82) is 0 Å². The van der Waals surface area contributed by atoms with E-state index in [-0.39, 0.29) is 18.1 Å². The Morgan fingerprint density at radius 1 is 0.733 bits per heavy atom. The van der Waals surface area contributed by atoms with Gasteiger partial charge in [0, 0.05) is 17.1 Å².